The number of anilines is 1. The molecule has 1 aromatic carbocycles. The molecule has 0 fully saturated rings. The third-order valence-electron chi connectivity index (χ3n) is 2.45. The van der Waals surface area contributed by atoms with Crippen LogP contribution in [-0.4, -0.2) is 15.2 Å². The molecule has 4 heteroatoms. The van der Waals surface area contributed by atoms with Crippen molar-refractivity contribution in [2.75, 3.05) is 5.32 Å². The minimum atomic E-state index is -0.176. The summed E-state index contributed by atoms with van der Waals surface area (Å²) >= 11 is 0. The summed E-state index contributed by atoms with van der Waals surface area (Å²) in [5.41, 5.74) is 2.29. The Morgan fingerprint density at radius 2 is 2.06 bits per heavy atom. The molecule has 0 radical (unpaired) electrons. The third-order valence-corrected chi connectivity index (χ3v) is 2.45. The van der Waals surface area contributed by atoms with E-state index in [2.05, 4.69) is 10.3 Å². The summed E-state index contributed by atoms with van der Waals surface area (Å²) in [4.78, 5) is 4.19. The summed E-state index contributed by atoms with van der Waals surface area (Å²) < 4.78 is 0. The number of aromatic hydroxyl groups is 1. The van der Waals surface area contributed by atoms with Crippen LogP contribution in [0, 0.1) is 0 Å². The van der Waals surface area contributed by atoms with Gasteiger partial charge in [-0.05, 0) is 30.3 Å². The van der Waals surface area contributed by atoms with Crippen molar-refractivity contribution in [2.45, 2.75) is 13.2 Å². The maximum absolute atomic E-state index is 9.42. The highest BCUT2D eigenvalue weighted by molar-refractivity contribution is 5.50. The molecule has 1 heterocycles. The van der Waals surface area contributed by atoms with Crippen LogP contribution in [0.2, 0.25) is 0 Å². The third kappa shape index (κ3) is 2.95. The van der Waals surface area contributed by atoms with Gasteiger partial charge in [0.1, 0.15) is 5.75 Å². The summed E-state index contributed by atoms with van der Waals surface area (Å²) in [7, 11) is 0. The lowest BCUT2D eigenvalue weighted by atomic mass is 10.2. The number of aliphatic hydroxyl groups is 1. The van der Waals surface area contributed by atoms with Gasteiger partial charge in [0.15, 0.2) is 0 Å². The zero-order chi connectivity index (χ0) is 12.1. The van der Waals surface area contributed by atoms with Crippen molar-refractivity contribution >= 4 is 5.69 Å². The average Bonchev–Trinajstić information content (AvgIpc) is 2.39. The maximum atomic E-state index is 9.42. The Morgan fingerprint density at radius 1 is 1.18 bits per heavy atom. The molecular formula is C13H14N2O2. The highest BCUT2D eigenvalue weighted by Gasteiger charge is 2.01. The van der Waals surface area contributed by atoms with Gasteiger partial charge in [-0.2, -0.15) is 0 Å². The second kappa shape index (κ2) is 5.32. The Hall–Kier alpha value is -2.07. The standard InChI is InChI=1S/C13H14N2O2/c16-9-10-7-11(4-5-13(10)17)15-8-12-3-1-2-6-14-12/h1-7,15-17H,8-9H2. The molecule has 17 heavy (non-hydrogen) atoms. The number of pyridine rings is 1. The van der Waals surface area contributed by atoms with Crippen molar-refractivity contribution in [3.63, 3.8) is 0 Å². The van der Waals surface area contributed by atoms with E-state index >= 15 is 0 Å². The molecule has 0 aliphatic rings. The van der Waals surface area contributed by atoms with E-state index < -0.39 is 0 Å². The number of hydrogen-bond donors (Lipinski definition) is 3. The zero-order valence-electron chi connectivity index (χ0n) is 9.30. The Morgan fingerprint density at radius 3 is 2.76 bits per heavy atom. The summed E-state index contributed by atoms with van der Waals surface area (Å²) in [6.07, 6.45) is 1.74. The van der Waals surface area contributed by atoms with Gasteiger partial charge in [-0.15, -0.1) is 0 Å². The first-order valence-electron chi connectivity index (χ1n) is 5.36. The van der Waals surface area contributed by atoms with Gasteiger partial charge < -0.3 is 15.5 Å². The summed E-state index contributed by atoms with van der Waals surface area (Å²) in [5.74, 6) is 0.107. The lowest BCUT2D eigenvalue weighted by Gasteiger charge is -2.08. The van der Waals surface area contributed by atoms with Crippen LogP contribution in [0.25, 0.3) is 0 Å². The number of aromatic nitrogens is 1. The molecule has 0 saturated carbocycles. The summed E-state index contributed by atoms with van der Waals surface area (Å²) in [6, 6.07) is 10.8. The molecule has 0 amide bonds. The number of aliphatic hydroxyl groups excluding tert-OH is 1. The Bertz CT molecular complexity index is 486. The van der Waals surface area contributed by atoms with E-state index in [0.717, 1.165) is 11.4 Å². The van der Waals surface area contributed by atoms with Crippen LogP contribution < -0.4 is 5.32 Å². The smallest absolute Gasteiger partial charge is 0.121 e. The van der Waals surface area contributed by atoms with Gasteiger partial charge in [-0.25, -0.2) is 0 Å². The molecule has 2 rings (SSSR count). The van der Waals surface area contributed by atoms with Gasteiger partial charge in [0, 0.05) is 17.4 Å². The lowest BCUT2D eigenvalue weighted by molar-refractivity contribution is 0.275. The van der Waals surface area contributed by atoms with Crippen molar-refractivity contribution in [3.8, 4) is 5.75 Å². The topological polar surface area (TPSA) is 65.4 Å². The average molecular weight is 230 g/mol. The van der Waals surface area contributed by atoms with E-state index in [1.165, 1.54) is 0 Å². The van der Waals surface area contributed by atoms with Crippen molar-refractivity contribution < 1.29 is 10.2 Å². The molecule has 88 valence electrons. The molecule has 0 unspecified atom stereocenters. The Labute approximate surface area is 99.6 Å². The first-order valence-corrected chi connectivity index (χ1v) is 5.36. The second-order valence-corrected chi connectivity index (χ2v) is 3.68. The SMILES string of the molecule is OCc1cc(NCc2ccccn2)ccc1O. The number of benzene rings is 1. The predicted octanol–water partition coefficient (Wildman–Crippen LogP) is 1.89. The van der Waals surface area contributed by atoms with E-state index in [0.29, 0.717) is 12.1 Å². The van der Waals surface area contributed by atoms with Crippen LogP contribution in [0.5, 0.6) is 5.75 Å². The predicted molar refractivity (Wildman–Crippen MR) is 65.6 cm³/mol. The fourth-order valence-corrected chi connectivity index (χ4v) is 1.52. The first kappa shape index (κ1) is 11.4. The lowest BCUT2D eigenvalue weighted by Crippen LogP contribution is -2.01. The largest absolute Gasteiger partial charge is 0.508 e. The molecule has 4 nitrogen and oxygen atoms in total. The number of phenols is 1. The Balaban J connectivity index is 2.04. The van der Waals surface area contributed by atoms with Crippen LogP contribution in [0.1, 0.15) is 11.3 Å². The van der Waals surface area contributed by atoms with Crippen molar-refractivity contribution in [3.05, 3.63) is 53.9 Å². The summed E-state index contributed by atoms with van der Waals surface area (Å²) in [6.45, 7) is 0.432. The molecular weight excluding hydrogens is 216 g/mol. The molecule has 3 N–H and O–H groups in total. The van der Waals surface area contributed by atoms with Crippen molar-refractivity contribution in [1.82, 2.24) is 4.98 Å². The number of hydrogen-bond acceptors (Lipinski definition) is 4. The van der Waals surface area contributed by atoms with E-state index in [1.807, 2.05) is 18.2 Å². The van der Waals surface area contributed by atoms with Crippen LogP contribution in [0.4, 0.5) is 5.69 Å². The number of nitrogens with zero attached hydrogens (tertiary/aromatic N) is 1. The van der Waals surface area contributed by atoms with E-state index in [9.17, 15) is 5.11 Å². The molecule has 2 aromatic rings. The van der Waals surface area contributed by atoms with Crippen LogP contribution in [0.15, 0.2) is 42.6 Å². The van der Waals surface area contributed by atoms with E-state index in [-0.39, 0.29) is 12.4 Å². The quantitative estimate of drug-likeness (QED) is 0.702. The molecule has 0 aliphatic heterocycles. The first-order chi connectivity index (χ1) is 8.29. The van der Waals surface area contributed by atoms with Crippen LogP contribution >= 0.6 is 0 Å². The highest BCUT2D eigenvalue weighted by Crippen LogP contribution is 2.21. The molecule has 0 bridgehead atoms. The molecule has 1 aromatic heterocycles. The van der Waals surface area contributed by atoms with Crippen molar-refractivity contribution in [1.29, 1.82) is 0 Å². The number of nitrogens with one attached hydrogen (secondary N) is 1. The van der Waals surface area contributed by atoms with Gasteiger partial charge >= 0.3 is 0 Å². The van der Waals surface area contributed by atoms with Gasteiger partial charge in [0.25, 0.3) is 0 Å². The monoisotopic (exact) mass is 230 g/mol. The molecule has 0 atom stereocenters. The molecule has 0 aliphatic carbocycles. The normalized spacial score (nSPS) is 10.2. The summed E-state index contributed by atoms with van der Waals surface area (Å²) in [5, 5.41) is 21.6. The zero-order valence-corrected chi connectivity index (χ0v) is 9.30. The van der Waals surface area contributed by atoms with E-state index in [1.54, 1.807) is 24.4 Å². The van der Waals surface area contributed by atoms with Gasteiger partial charge in [0.05, 0.1) is 18.8 Å². The maximum Gasteiger partial charge on any atom is 0.121 e. The molecule has 0 saturated heterocycles. The van der Waals surface area contributed by atoms with Crippen LogP contribution in [0.3, 0.4) is 0 Å². The Kier molecular flexibility index (Phi) is 3.57. The van der Waals surface area contributed by atoms with Crippen molar-refractivity contribution in [2.24, 2.45) is 0 Å². The fraction of sp³-hybridized carbons (Fsp3) is 0.154. The van der Waals surface area contributed by atoms with Crippen LogP contribution in [-0.2, 0) is 13.2 Å². The molecule has 0 spiro atoms. The highest BCUT2D eigenvalue weighted by atomic mass is 16.3. The second-order valence-electron chi connectivity index (χ2n) is 3.68. The number of rotatable bonds is 4. The van der Waals surface area contributed by atoms with E-state index in [4.69, 9.17) is 5.11 Å². The van der Waals surface area contributed by atoms with Gasteiger partial charge in [-0.1, -0.05) is 6.07 Å². The minimum Gasteiger partial charge on any atom is -0.508 e. The van der Waals surface area contributed by atoms with Gasteiger partial charge in [0.2, 0.25) is 0 Å². The van der Waals surface area contributed by atoms with Gasteiger partial charge in [-0.3, -0.25) is 4.98 Å². The minimum absolute atomic E-state index is 0.107. The fourth-order valence-electron chi connectivity index (χ4n) is 1.52.